The Morgan fingerprint density at radius 3 is 2.32 bits per heavy atom. The monoisotopic (exact) mass is 252 g/mol. The van der Waals surface area contributed by atoms with Crippen LogP contribution in [-0.2, 0) is 0 Å². The molecule has 0 fully saturated rings. The molecule has 2 aromatic rings. The van der Waals surface area contributed by atoms with Crippen LogP contribution in [0.15, 0.2) is 54.6 Å². The van der Waals surface area contributed by atoms with E-state index in [9.17, 15) is 0 Å². The lowest BCUT2D eigenvalue weighted by atomic mass is 9.94. The van der Waals surface area contributed by atoms with Gasteiger partial charge in [0.1, 0.15) is 0 Å². The van der Waals surface area contributed by atoms with Gasteiger partial charge < -0.3 is 5.11 Å². The van der Waals surface area contributed by atoms with Crippen molar-refractivity contribution in [3.05, 3.63) is 76.9 Å². The minimum Gasteiger partial charge on any atom is -0.396 e. The summed E-state index contributed by atoms with van der Waals surface area (Å²) < 4.78 is 0. The molecule has 2 rings (SSSR count). The zero-order valence-electron chi connectivity index (χ0n) is 11.6. The molecule has 0 radical (unpaired) electrons. The predicted octanol–water partition coefficient (Wildman–Crippen LogP) is 4.12. The molecule has 0 heterocycles. The zero-order chi connectivity index (χ0) is 13.7. The Morgan fingerprint density at radius 1 is 0.947 bits per heavy atom. The molecule has 2 aromatic carbocycles. The molecule has 0 atom stereocenters. The summed E-state index contributed by atoms with van der Waals surface area (Å²) in [7, 11) is 0. The molecule has 0 bridgehead atoms. The van der Waals surface area contributed by atoms with E-state index in [1.54, 1.807) is 0 Å². The van der Waals surface area contributed by atoms with Crippen molar-refractivity contribution < 1.29 is 5.11 Å². The van der Waals surface area contributed by atoms with Crippen LogP contribution in [0, 0.1) is 13.8 Å². The second-order valence-electron chi connectivity index (χ2n) is 4.80. The van der Waals surface area contributed by atoms with Gasteiger partial charge in [0.05, 0.1) is 0 Å². The standard InChI is InChI=1S/C18H20O/c1-14-10-11-17(13-15(14)2)18(9-6-12-19)16-7-4-3-5-8-16/h3-5,7-11,13,19H,6,12H2,1-2H3/b18-9+. The van der Waals surface area contributed by atoms with Gasteiger partial charge in [-0.3, -0.25) is 0 Å². The van der Waals surface area contributed by atoms with Crippen LogP contribution < -0.4 is 0 Å². The van der Waals surface area contributed by atoms with Crippen molar-refractivity contribution >= 4 is 5.57 Å². The second kappa shape index (κ2) is 6.35. The van der Waals surface area contributed by atoms with Crippen LogP contribution in [0.5, 0.6) is 0 Å². The minimum atomic E-state index is 0.182. The normalized spacial score (nSPS) is 11.6. The van der Waals surface area contributed by atoms with Gasteiger partial charge in [-0.2, -0.15) is 0 Å². The molecular weight excluding hydrogens is 232 g/mol. The van der Waals surface area contributed by atoms with Crippen LogP contribution in [0.1, 0.15) is 28.7 Å². The van der Waals surface area contributed by atoms with Crippen LogP contribution in [0.25, 0.3) is 5.57 Å². The lowest BCUT2D eigenvalue weighted by Crippen LogP contribution is -1.91. The first-order valence-corrected chi connectivity index (χ1v) is 6.66. The fraction of sp³-hybridized carbons (Fsp3) is 0.222. The Labute approximate surface area is 115 Å². The SMILES string of the molecule is Cc1ccc(/C(=C/CCO)c2ccccc2)cc1C. The van der Waals surface area contributed by atoms with Crippen molar-refractivity contribution in [1.82, 2.24) is 0 Å². The first-order chi connectivity index (χ1) is 9.22. The first-order valence-electron chi connectivity index (χ1n) is 6.66. The number of aliphatic hydroxyl groups is 1. The van der Waals surface area contributed by atoms with Gasteiger partial charge in [-0.05, 0) is 48.1 Å². The van der Waals surface area contributed by atoms with E-state index >= 15 is 0 Å². The number of aliphatic hydroxyl groups excluding tert-OH is 1. The molecule has 0 aliphatic carbocycles. The smallest absolute Gasteiger partial charge is 0.0465 e. The van der Waals surface area contributed by atoms with E-state index in [2.05, 4.69) is 50.3 Å². The van der Waals surface area contributed by atoms with Gasteiger partial charge in [-0.15, -0.1) is 0 Å². The highest BCUT2D eigenvalue weighted by molar-refractivity contribution is 5.80. The van der Waals surface area contributed by atoms with Crippen molar-refractivity contribution in [2.24, 2.45) is 0 Å². The quantitative estimate of drug-likeness (QED) is 0.868. The average molecular weight is 252 g/mol. The second-order valence-corrected chi connectivity index (χ2v) is 4.80. The van der Waals surface area contributed by atoms with Gasteiger partial charge in [-0.25, -0.2) is 0 Å². The molecule has 1 heteroatoms. The fourth-order valence-corrected chi connectivity index (χ4v) is 2.14. The third kappa shape index (κ3) is 3.33. The number of rotatable bonds is 4. The lowest BCUT2D eigenvalue weighted by Gasteiger charge is -2.11. The molecule has 0 saturated heterocycles. The van der Waals surface area contributed by atoms with Gasteiger partial charge in [-0.1, -0.05) is 54.6 Å². The van der Waals surface area contributed by atoms with Gasteiger partial charge in [0.25, 0.3) is 0 Å². The number of hydrogen-bond acceptors (Lipinski definition) is 1. The largest absolute Gasteiger partial charge is 0.396 e. The molecule has 1 N–H and O–H groups in total. The highest BCUT2D eigenvalue weighted by atomic mass is 16.2. The van der Waals surface area contributed by atoms with Gasteiger partial charge in [0.2, 0.25) is 0 Å². The van der Waals surface area contributed by atoms with Crippen molar-refractivity contribution in [2.45, 2.75) is 20.3 Å². The van der Waals surface area contributed by atoms with Crippen molar-refractivity contribution in [3.63, 3.8) is 0 Å². The maximum atomic E-state index is 9.06. The maximum Gasteiger partial charge on any atom is 0.0465 e. The average Bonchev–Trinajstić information content (AvgIpc) is 2.44. The van der Waals surface area contributed by atoms with Crippen LogP contribution >= 0.6 is 0 Å². The first kappa shape index (κ1) is 13.6. The van der Waals surface area contributed by atoms with E-state index in [1.165, 1.54) is 27.8 Å². The molecule has 98 valence electrons. The van der Waals surface area contributed by atoms with E-state index in [4.69, 9.17) is 5.11 Å². The predicted molar refractivity (Wildman–Crippen MR) is 81.1 cm³/mol. The van der Waals surface area contributed by atoms with Crippen LogP contribution in [0.3, 0.4) is 0 Å². The summed E-state index contributed by atoms with van der Waals surface area (Å²) in [6, 6.07) is 16.8. The summed E-state index contributed by atoms with van der Waals surface area (Å²) in [5.41, 5.74) is 6.20. The van der Waals surface area contributed by atoms with Gasteiger partial charge >= 0.3 is 0 Å². The van der Waals surface area contributed by atoms with E-state index in [0.29, 0.717) is 6.42 Å². The Hall–Kier alpha value is -1.86. The molecule has 1 nitrogen and oxygen atoms in total. The molecule has 0 unspecified atom stereocenters. The molecule has 0 amide bonds. The summed E-state index contributed by atoms with van der Waals surface area (Å²) >= 11 is 0. The number of aryl methyl sites for hydroxylation is 2. The Bertz CT molecular complexity index is 567. The summed E-state index contributed by atoms with van der Waals surface area (Å²) in [4.78, 5) is 0. The minimum absolute atomic E-state index is 0.182. The van der Waals surface area contributed by atoms with Crippen LogP contribution in [-0.4, -0.2) is 11.7 Å². The number of hydrogen-bond donors (Lipinski definition) is 1. The van der Waals surface area contributed by atoms with Crippen molar-refractivity contribution in [1.29, 1.82) is 0 Å². The number of benzene rings is 2. The molecule has 0 aliphatic rings. The van der Waals surface area contributed by atoms with Crippen molar-refractivity contribution in [3.8, 4) is 0 Å². The third-order valence-corrected chi connectivity index (χ3v) is 3.38. The van der Waals surface area contributed by atoms with Gasteiger partial charge in [0, 0.05) is 6.61 Å². The molecule has 0 aromatic heterocycles. The third-order valence-electron chi connectivity index (χ3n) is 3.38. The highest BCUT2D eigenvalue weighted by Gasteiger charge is 2.05. The Morgan fingerprint density at radius 2 is 1.68 bits per heavy atom. The molecule has 0 aliphatic heterocycles. The topological polar surface area (TPSA) is 20.2 Å². The summed E-state index contributed by atoms with van der Waals surface area (Å²) in [5, 5.41) is 9.06. The highest BCUT2D eigenvalue weighted by Crippen LogP contribution is 2.25. The molecule has 19 heavy (non-hydrogen) atoms. The maximum absolute atomic E-state index is 9.06. The zero-order valence-corrected chi connectivity index (χ0v) is 11.6. The Kier molecular flexibility index (Phi) is 4.53. The van der Waals surface area contributed by atoms with Crippen molar-refractivity contribution in [2.75, 3.05) is 6.61 Å². The summed E-state index contributed by atoms with van der Waals surface area (Å²) in [6.45, 7) is 4.44. The fourth-order valence-electron chi connectivity index (χ4n) is 2.14. The Balaban J connectivity index is 2.46. The van der Waals surface area contributed by atoms with E-state index in [1.807, 2.05) is 18.2 Å². The van der Waals surface area contributed by atoms with E-state index in [-0.39, 0.29) is 6.61 Å². The van der Waals surface area contributed by atoms with Crippen LogP contribution in [0.2, 0.25) is 0 Å². The molecular formula is C18H20O. The van der Waals surface area contributed by atoms with Crippen LogP contribution in [0.4, 0.5) is 0 Å². The summed E-state index contributed by atoms with van der Waals surface area (Å²) in [5.74, 6) is 0. The molecule has 0 saturated carbocycles. The molecule has 0 spiro atoms. The summed E-state index contributed by atoms with van der Waals surface area (Å²) in [6.07, 6.45) is 2.79. The van der Waals surface area contributed by atoms with E-state index in [0.717, 1.165) is 0 Å². The lowest BCUT2D eigenvalue weighted by molar-refractivity contribution is 0.303. The van der Waals surface area contributed by atoms with Gasteiger partial charge in [0.15, 0.2) is 0 Å². The van der Waals surface area contributed by atoms with E-state index < -0.39 is 0 Å².